The summed E-state index contributed by atoms with van der Waals surface area (Å²) in [5, 5.41) is 9.05. The molecule has 0 aliphatic carbocycles. The number of rotatable bonds is 5. The lowest BCUT2D eigenvalue weighted by Crippen LogP contribution is -2.41. The highest BCUT2D eigenvalue weighted by molar-refractivity contribution is 7.07. The van der Waals surface area contributed by atoms with Gasteiger partial charge in [0.05, 0.1) is 35.8 Å². The van der Waals surface area contributed by atoms with Crippen molar-refractivity contribution in [3.8, 4) is 11.4 Å². The molecule has 0 aromatic carbocycles. The van der Waals surface area contributed by atoms with Gasteiger partial charge in [-0.1, -0.05) is 0 Å². The largest absolute Gasteiger partial charge is 0.350 e. The SMILES string of the molecule is Cc1cnn(C)c1-c1nc(N2CCC(C(=O)NCc3cscn3)CC2)ncc1F. The summed E-state index contributed by atoms with van der Waals surface area (Å²) in [4.78, 5) is 27.2. The number of nitrogens with zero attached hydrogens (tertiary/aromatic N) is 6. The minimum absolute atomic E-state index is 0.0453. The van der Waals surface area contributed by atoms with Crippen LogP contribution in [0.15, 0.2) is 23.3 Å². The number of hydrogen-bond acceptors (Lipinski definition) is 7. The van der Waals surface area contributed by atoms with E-state index in [1.54, 1.807) is 23.4 Å². The monoisotopic (exact) mass is 415 g/mol. The second-order valence-electron chi connectivity index (χ2n) is 7.13. The van der Waals surface area contributed by atoms with E-state index in [4.69, 9.17) is 0 Å². The number of piperidine rings is 1. The van der Waals surface area contributed by atoms with Gasteiger partial charge in [0, 0.05) is 31.4 Å². The van der Waals surface area contributed by atoms with Crippen LogP contribution in [0.1, 0.15) is 24.1 Å². The van der Waals surface area contributed by atoms with Crippen LogP contribution in [0, 0.1) is 18.7 Å². The van der Waals surface area contributed by atoms with Crippen LogP contribution in [0.4, 0.5) is 10.3 Å². The second-order valence-corrected chi connectivity index (χ2v) is 7.84. The molecule has 29 heavy (non-hydrogen) atoms. The maximum Gasteiger partial charge on any atom is 0.226 e. The molecule has 8 nitrogen and oxygen atoms in total. The number of aromatic nitrogens is 5. The van der Waals surface area contributed by atoms with Crippen LogP contribution in [-0.4, -0.2) is 43.7 Å². The van der Waals surface area contributed by atoms with Crippen molar-refractivity contribution in [3.05, 3.63) is 40.4 Å². The van der Waals surface area contributed by atoms with E-state index in [-0.39, 0.29) is 17.5 Å². The van der Waals surface area contributed by atoms with E-state index < -0.39 is 5.82 Å². The van der Waals surface area contributed by atoms with Gasteiger partial charge in [0.2, 0.25) is 11.9 Å². The molecule has 1 aliphatic heterocycles. The fourth-order valence-corrected chi connectivity index (χ4v) is 4.11. The Morgan fingerprint density at radius 3 is 2.76 bits per heavy atom. The number of nitrogens with one attached hydrogen (secondary N) is 1. The zero-order valence-electron chi connectivity index (χ0n) is 16.3. The molecule has 0 spiro atoms. The Bertz CT molecular complexity index is 977. The number of thiazole rings is 1. The number of anilines is 1. The van der Waals surface area contributed by atoms with Gasteiger partial charge in [0.1, 0.15) is 5.69 Å². The summed E-state index contributed by atoms with van der Waals surface area (Å²) in [6, 6.07) is 0. The molecule has 152 valence electrons. The van der Waals surface area contributed by atoms with Crippen molar-refractivity contribution in [2.24, 2.45) is 13.0 Å². The van der Waals surface area contributed by atoms with Gasteiger partial charge in [-0.3, -0.25) is 9.48 Å². The van der Waals surface area contributed by atoms with Crippen molar-refractivity contribution in [1.29, 1.82) is 0 Å². The molecule has 1 fully saturated rings. The van der Waals surface area contributed by atoms with Gasteiger partial charge in [-0.05, 0) is 25.3 Å². The van der Waals surface area contributed by atoms with E-state index in [2.05, 4.69) is 25.4 Å². The zero-order valence-corrected chi connectivity index (χ0v) is 17.1. The number of carbonyl (C=O) groups excluding carboxylic acids is 1. The molecule has 0 unspecified atom stereocenters. The minimum atomic E-state index is -0.475. The highest BCUT2D eigenvalue weighted by Crippen LogP contribution is 2.27. The van der Waals surface area contributed by atoms with Crippen LogP contribution in [0.3, 0.4) is 0 Å². The Morgan fingerprint density at radius 2 is 2.10 bits per heavy atom. The van der Waals surface area contributed by atoms with Crippen LogP contribution in [0.5, 0.6) is 0 Å². The number of aryl methyl sites for hydroxylation is 2. The van der Waals surface area contributed by atoms with Crippen LogP contribution >= 0.6 is 11.3 Å². The standard InChI is InChI=1S/C19H22FN7OS/c1-12-7-24-26(2)17(12)16-15(20)9-22-19(25-16)27-5-3-13(4-6-27)18(28)21-8-14-10-29-11-23-14/h7,9-11,13H,3-6,8H2,1-2H3,(H,21,28). The van der Waals surface area contributed by atoms with Crippen molar-refractivity contribution in [2.75, 3.05) is 18.0 Å². The molecule has 0 radical (unpaired) electrons. The Kier molecular flexibility index (Phi) is 5.52. The molecule has 4 rings (SSSR count). The van der Waals surface area contributed by atoms with E-state index in [1.807, 2.05) is 17.2 Å². The summed E-state index contributed by atoms with van der Waals surface area (Å²) in [5.74, 6) is -0.00641. The lowest BCUT2D eigenvalue weighted by Gasteiger charge is -2.31. The predicted octanol–water partition coefficient (Wildman–Crippen LogP) is 2.31. The topological polar surface area (TPSA) is 88.8 Å². The summed E-state index contributed by atoms with van der Waals surface area (Å²) >= 11 is 1.51. The summed E-state index contributed by atoms with van der Waals surface area (Å²) in [6.45, 7) is 3.62. The van der Waals surface area contributed by atoms with E-state index in [1.165, 1.54) is 17.5 Å². The highest BCUT2D eigenvalue weighted by Gasteiger charge is 2.27. The lowest BCUT2D eigenvalue weighted by atomic mass is 9.96. The first-order valence-corrected chi connectivity index (χ1v) is 10.4. The normalized spacial score (nSPS) is 14.9. The van der Waals surface area contributed by atoms with E-state index in [9.17, 15) is 9.18 Å². The average molecular weight is 415 g/mol. The number of carbonyl (C=O) groups is 1. The lowest BCUT2D eigenvalue weighted by molar-refractivity contribution is -0.125. The third-order valence-corrected chi connectivity index (χ3v) is 5.79. The highest BCUT2D eigenvalue weighted by atomic mass is 32.1. The van der Waals surface area contributed by atoms with Gasteiger partial charge in [-0.2, -0.15) is 5.10 Å². The number of amides is 1. The molecule has 4 heterocycles. The summed E-state index contributed by atoms with van der Waals surface area (Å²) in [5.41, 5.74) is 4.37. The van der Waals surface area contributed by atoms with Crippen molar-refractivity contribution in [2.45, 2.75) is 26.3 Å². The van der Waals surface area contributed by atoms with Crippen LogP contribution in [0.2, 0.25) is 0 Å². The van der Waals surface area contributed by atoms with Gasteiger partial charge < -0.3 is 10.2 Å². The van der Waals surface area contributed by atoms with E-state index in [0.29, 0.717) is 44.1 Å². The maximum atomic E-state index is 14.4. The van der Waals surface area contributed by atoms with Gasteiger partial charge in [0.15, 0.2) is 5.82 Å². The summed E-state index contributed by atoms with van der Waals surface area (Å²) in [7, 11) is 1.76. The fraction of sp³-hybridized carbons (Fsp3) is 0.421. The zero-order chi connectivity index (χ0) is 20.4. The fourth-order valence-electron chi connectivity index (χ4n) is 3.55. The Balaban J connectivity index is 1.41. The van der Waals surface area contributed by atoms with Gasteiger partial charge in [-0.15, -0.1) is 11.3 Å². The van der Waals surface area contributed by atoms with Gasteiger partial charge in [0.25, 0.3) is 0 Å². The van der Waals surface area contributed by atoms with Crippen molar-refractivity contribution < 1.29 is 9.18 Å². The second kappa shape index (κ2) is 8.24. The molecule has 1 aliphatic rings. The van der Waals surface area contributed by atoms with Crippen molar-refractivity contribution >= 4 is 23.2 Å². The van der Waals surface area contributed by atoms with Crippen molar-refractivity contribution in [1.82, 2.24) is 30.0 Å². The molecular weight excluding hydrogens is 393 g/mol. The maximum absolute atomic E-state index is 14.4. The number of halogens is 1. The van der Waals surface area contributed by atoms with Gasteiger partial charge in [-0.25, -0.2) is 19.3 Å². The molecule has 1 N–H and O–H groups in total. The molecule has 0 bridgehead atoms. The molecule has 1 saturated heterocycles. The quantitative estimate of drug-likeness (QED) is 0.688. The summed E-state index contributed by atoms with van der Waals surface area (Å²) < 4.78 is 16.0. The van der Waals surface area contributed by atoms with Crippen LogP contribution < -0.4 is 10.2 Å². The van der Waals surface area contributed by atoms with Crippen LogP contribution in [-0.2, 0) is 18.4 Å². The molecule has 10 heteroatoms. The molecule has 0 atom stereocenters. The molecule has 0 saturated carbocycles. The van der Waals surface area contributed by atoms with Crippen molar-refractivity contribution in [3.63, 3.8) is 0 Å². The Morgan fingerprint density at radius 1 is 1.31 bits per heavy atom. The third-order valence-electron chi connectivity index (χ3n) is 5.15. The first-order valence-electron chi connectivity index (χ1n) is 9.44. The Hall–Kier alpha value is -2.88. The Labute approximate surface area is 171 Å². The van der Waals surface area contributed by atoms with E-state index in [0.717, 1.165) is 11.3 Å². The van der Waals surface area contributed by atoms with Crippen LogP contribution in [0.25, 0.3) is 11.4 Å². The van der Waals surface area contributed by atoms with Gasteiger partial charge >= 0.3 is 0 Å². The smallest absolute Gasteiger partial charge is 0.226 e. The first kappa shape index (κ1) is 19.4. The predicted molar refractivity (Wildman–Crippen MR) is 108 cm³/mol. The van der Waals surface area contributed by atoms with E-state index >= 15 is 0 Å². The number of hydrogen-bond donors (Lipinski definition) is 1. The molecular formula is C19H22FN7OS. The first-order chi connectivity index (χ1) is 14.0. The average Bonchev–Trinajstić information content (AvgIpc) is 3.37. The minimum Gasteiger partial charge on any atom is -0.350 e. The third kappa shape index (κ3) is 4.12. The molecule has 1 amide bonds. The summed E-state index contributed by atoms with van der Waals surface area (Å²) in [6.07, 6.45) is 4.29. The molecule has 3 aromatic heterocycles. The molecule has 3 aromatic rings.